The average Bonchev–Trinajstić information content (AvgIpc) is 3.72. The third kappa shape index (κ3) is 3.55. The van der Waals surface area contributed by atoms with E-state index in [4.69, 9.17) is 4.42 Å². The van der Waals surface area contributed by atoms with Crippen molar-refractivity contribution in [3.8, 4) is 22.3 Å². The highest BCUT2D eigenvalue weighted by molar-refractivity contribution is 7.25. The Labute approximate surface area is 279 Å². The lowest BCUT2D eigenvalue weighted by Gasteiger charge is -2.18. The fourth-order valence-electron chi connectivity index (χ4n) is 8.19. The van der Waals surface area contributed by atoms with Crippen molar-refractivity contribution in [1.29, 1.82) is 0 Å². The van der Waals surface area contributed by atoms with Gasteiger partial charge in [-0.2, -0.15) is 0 Å². The van der Waals surface area contributed by atoms with Crippen LogP contribution < -0.4 is 0 Å². The van der Waals surface area contributed by atoms with E-state index in [1.54, 1.807) is 0 Å². The molecule has 2 heterocycles. The van der Waals surface area contributed by atoms with E-state index in [1.165, 1.54) is 85.5 Å². The number of para-hydroxylation sites is 1. The number of furan rings is 1. The third-order valence-electron chi connectivity index (χ3n) is 10.2. The molecule has 0 bridgehead atoms. The molecular weight excluding hydrogens is 601 g/mol. The topological polar surface area (TPSA) is 13.1 Å². The Morgan fingerprint density at radius 3 is 1.52 bits per heavy atom. The molecule has 9 aromatic carbocycles. The molecular formula is C46H26OS. The van der Waals surface area contributed by atoms with Crippen molar-refractivity contribution in [3.63, 3.8) is 0 Å². The number of rotatable bonds is 2. The van der Waals surface area contributed by atoms with Crippen LogP contribution in [0.4, 0.5) is 0 Å². The van der Waals surface area contributed by atoms with Crippen LogP contribution in [0.1, 0.15) is 0 Å². The highest BCUT2D eigenvalue weighted by Crippen LogP contribution is 2.47. The van der Waals surface area contributed by atoms with Crippen LogP contribution in [0.15, 0.2) is 162 Å². The standard InChI is InChI=1S/C46H26OS/c1-2-13-32-29(11-1)39-25-27(22-24-37(39)46-45(32)38-18-7-9-19-40(38)47-46)43-33-14-3-5-16-35(33)44(36-17-6-4-15-34(36)43)28-21-23-31-30-12-8-10-20-41(30)48-42(31)26-28/h1-26H. The van der Waals surface area contributed by atoms with Gasteiger partial charge in [-0.25, -0.2) is 0 Å². The fourth-order valence-corrected chi connectivity index (χ4v) is 9.34. The van der Waals surface area contributed by atoms with E-state index in [0.29, 0.717) is 0 Å². The first-order valence-corrected chi connectivity index (χ1v) is 17.2. The van der Waals surface area contributed by atoms with Crippen molar-refractivity contribution in [2.75, 3.05) is 0 Å². The summed E-state index contributed by atoms with van der Waals surface area (Å²) in [6.45, 7) is 0. The van der Waals surface area contributed by atoms with E-state index in [9.17, 15) is 0 Å². The van der Waals surface area contributed by atoms with Crippen LogP contribution in [-0.2, 0) is 0 Å². The van der Waals surface area contributed by atoms with Gasteiger partial charge in [-0.15, -0.1) is 11.3 Å². The molecule has 0 aliphatic rings. The number of benzene rings is 9. The van der Waals surface area contributed by atoms with Gasteiger partial charge in [0.2, 0.25) is 0 Å². The quantitative estimate of drug-likeness (QED) is 0.137. The van der Waals surface area contributed by atoms with Gasteiger partial charge >= 0.3 is 0 Å². The Morgan fingerprint density at radius 1 is 0.333 bits per heavy atom. The van der Waals surface area contributed by atoms with E-state index in [0.717, 1.165) is 21.9 Å². The second-order valence-corrected chi connectivity index (χ2v) is 13.8. The fraction of sp³-hybridized carbons (Fsp3) is 0. The SMILES string of the molecule is c1ccc2c(c1)oc1c3ccc(-c4c5ccccc5c(-c5ccc6c(c5)sc5ccccc56)c5ccccc45)cc3c3ccccc3c21. The smallest absolute Gasteiger partial charge is 0.143 e. The molecule has 2 aromatic heterocycles. The van der Waals surface area contributed by atoms with Crippen LogP contribution in [0.5, 0.6) is 0 Å². The van der Waals surface area contributed by atoms with Gasteiger partial charge in [-0.05, 0) is 90.3 Å². The molecule has 0 aliphatic carbocycles. The van der Waals surface area contributed by atoms with Gasteiger partial charge in [0.05, 0.1) is 0 Å². The van der Waals surface area contributed by atoms with Gasteiger partial charge < -0.3 is 4.42 Å². The van der Waals surface area contributed by atoms with E-state index >= 15 is 0 Å². The van der Waals surface area contributed by atoms with Crippen molar-refractivity contribution < 1.29 is 4.42 Å². The van der Waals surface area contributed by atoms with Crippen molar-refractivity contribution in [3.05, 3.63) is 158 Å². The van der Waals surface area contributed by atoms with Crippen molar-refractivity contribution >= 4 is 96.5 Å². The molecule has 0 N–H and O–H groups in total. The summed E-state index contributed by atoms with van der Waals surface area (Å²) in [6.07, 6.45) is 0. The maximum atomic E-state index is 6.58. The first-order chi connectivity index (χ1) is 23.8. The molecule has 0 saturated heterocycles. The minimum Gasteiger partial charge on any atom is -0.455 e. The van der Waals surface area contributed by atoms with Crippen LogP contribution in [-0.4, -0.2) is 0 Å². The Balaban J connectivity index is 1.22. The largest absolute Gasteiger partial charge is 0.455 e. The molecule has 0 radical (unpaired) electrons. The maximum absolute atomic E-state index is 6.58. The van der Waals surface area contributed by atoms with Crippen LogP contribution in [0.2, 0.25) is 0 Å². The summed E-state index contributed by atoms with van der Waals surface area (Å²) >= 11 is 1.88. The Morgan fingerprint density at radius 2 is 0.833 bits per heavy atom. The first kappa shape index (κ1) is 26.1. The lowest BCUT2D eigenvalue weighted by Crippen LogP contribution is -1.91. The van der Waals surface area contributed by atoms with Crippen LogP contribution in [0.25, 0.3) is 107 Å². The van der Waals surface area contributed by atoms with Gasteiger partial charge in [0.15, 0.2) is 0 Å². The molecule has 48 heavy (non-hydrogen) atoms. The zero-order valence-electron chi connectivity index (χ0n) is 25.8. The van der Waals surface area contributed by atoms with Crippen molar-refractivity contribution in [1.82, 2.24) is 0 Å². The monoisotopic (exact) mass is 626 g/mol. The van der Waals surface area contributed by atoms with E-state index in [2.05, 4.69) is 152 Å². The molecule has 222 valence electrons. The van der Waals surface area contributed by atoms with Crippen LogP contribution in [0.3, 0.4) is 0 Å². The van der Waals surface area contributed by atoms with Crippen LogP contribution >= 0.6 is 11.3 Å². The average molecular weight is 627 g/mol. The van der Waals surface area contributed by atoms with E-state index in [1.807, 2.05) is 17.4 Å². The zero-order chi connectivity index (χ0) is 31.3. The highest BCUT2D eigenvalue weighted by Gasteiger charge is 2.20. The normalized spacial score (nSPS) is 12.2. The summed E-state index contributed by atoms with van der Waals surface area (Å²) in [4.78, 5) is 0. The van der Waals surface area contributed by atoms with Gasteiger partial charge in [0.25, 0.3) is 0 Å². The highest BCUT2D eigenvalue weighted by atomic mass is 32.1. The predicted octanol–water partition coefficient (Wildman–Crippen LogP) is 13.9. The molecule has 0 unspecified atom stereocenters. The Kier molecular flexibility index (Phi) is 5.32. The van der Waals surface area contributed by atoms with Crippen molar-refractivity contribution in [2.45, 2.75) is 0 Å². The maximum Gasteiger partial charge on any atom is 0.143 e. The lowest BCUT2D eigenvalue weighted by molar-refractivity contribution is 0.673. The molecule has 0 spiro atoms. The summed E-state index contributed by atoms with van der Waals surface area (Å²) in [5.74, 6) is 0. The Hall–Kier alpha value is -5.96. The summed E-state index contributed by atoms with van der Waals surface area (Å²) < 4.78 is 9.23. The molecule has 1 nitrogen and oxygen atoms in total. The summed E-state index contributed by atoms with van der Waals surface area (Å²) in [6, 6.07) is 57.8. The number of fused-ring (bicyclic) bond motifs is 13. The summed E-state index contributed by atoms with van der Waals surface area (Å²) in [5.41, 5.74) is 6.91. The van der Waals surface area contributed by atoms with E-state index < -0.39 is 0 Å². The molecule has 0 saturated carbocycles. The first-order valence-electron chi connectivity index (χ1n) is 16.4. The zero-order valence-corrected chi connectivity index (χ0v) is 26.6. The Bertz CT molecular complexity index is 3060. The predicted molar refractivity (Wildman–Crippen MR) is 208 cm³/mol. The summed E-state index contributed by atoms with van der Waals surface area (Å²) in [5, 5.41) is 14.9. The molecule has 11 rings (SSSR count). The van der Waals surface area contributed by atoms with Crippen molar-refractivity contribution in [2.24, 2.45) is 0 Å². The lowest BCUT2D eigenvalue weighted by atomic mass is 9.85. The number of hydrogen-bond acceptors (Lipinski definition) is 2. The minimum atomic E-state index is 0.927. The number of thiophene rings is 1. The van der Waals surface area contributed by atoms with Gasteiger partial charge in [0, 0.05) is 36.3 Å². The second kappa shape index (κ2) is 9.78. The molecule has 0 amide bonds. The second-order valence-electron chi connectivity index (χ2n) is 12.8. The van der Waals surface area contributed by atoms with Gasteiger partial charge in [-0.3, -0.25) is 0 Å². The van der Waals surface area contributed by atoms with Crippen LogP contribution in [0, 0.1) is 0 Å². The number of hydrogen-bond donors (Lipinski definition) is 0. The molecule has 2 heteroatoms. The summed E-state index contributed by atoms with van der Waals surface area (Å²) in [7, 11) is 0. The third-order valence-corrected chi connectivity index (χ3v) is 11.4. The molecule has 0 fully saturated rings. The van der Waals surface area contributed by atoms with E-state index in [-0.39, 0.29) is 0 Å². The van der Waals surface area contributed by atoms with Gasteiger partial charge in [-0.1, -0.05) is 127 Å². The van der Waals surface area contributed by atoms with Gasteiger partial charge in [0.1, 0.15) is 11.2 Å². The molecule has 0 atom stereocenters. The minimum absolute atomic E-state index is 0.927. The molecule has 0 aliphatic heterocycles. The molecule has 11 aromatic rings.